The molecule has 1 N–H and O–H groups in total. The van der Waals surface area contributed by atoms with Crippen molar-refractivity contribution in [3.8, 4) is 0 Å². The molecule has 4 heterocycles. The third-order valence-corrected chi connectivity index (χ3v) is 5.97. The van der Waals surface area contributed by atoms with Crippen LogP contribution in [0.3, 0.4) is 0 Å². The first-order valence-corrected chi connectivity index (χ1v) is 9.95. The molecule has 3 fully saturated rings. The second kappa shape index (κ2) is 8.09. The summed E-state index contributed by atoms with van der Waals surface area (Å²) in [6, 6.07) is 7.48. The van der Waals surface area contributed by atoms with E-state index in [0.29, 0.717) is 18.5 Å². The Morgan fingerprint density at radius 3 is 2.70 bits per heavy atom. The van der Waals surface area contributed by atoms with Crippen molar-refractivity contribution in [2.75, 3.05) is 26.2 Å². The van der Waals surface area contributed by atoms with Crippen LogP contribution < -0.4 is 0 Å². The number of aromatic nitrogens is 2. The molecule has 27 heavy (non-hydrogen) atoms. The van der Waals surface area contributed by atoms with Crippen molar-refractivity contribution in [1.82, 2.24) is 19.6 Å². The van der Waals surface area contributed by atoms with Gasteiger partial charge in [0.15, 0.2) is 0 Å². The van der Waals surface area contributed by atoms with Gasteiger partial charge in [0.25, 0.3) is 0 Å². The molecule has 2 bridgehead atoms. The maximum Gasteiger partial charge on any atom is 0.123 e. The van der Waals surface area contributed by atoms with E-state index in [9.17, 15) is 4.39 Å². The second-order valence-electron chi connectivity index (χ2n) is 8.07. The number of halogens is 1. The predicted octanol–water partition coefficient (Wildman–Crippen LogP) is 2.42. The van der Waals surface area contributed by atoms with E-state index in [0.717, 1.165) is 38.4 Å². The number of fused-ring (bicyclic) bond motifs is 4. The quantitative estimate of drug-likeness (QED) is 0.846. The summed E-state index contributed by atoms with van der Waals surface area (Å²) in [4.78, 5) is 5.16. The van der Waals surface area contributed by atoms with Gasteiger partial charge in [-0.25, -0.2) is 4.39 Å². The van der Waals surface area contributed by atoms with Crippen molar-refractivity contribution in [2.45, 2.75) is 45.4 Å². The van der Waals surface area contributed by atoms with Crippen molar-refractivity contribution in [3.05, 3.63) is 53.1 Å². The Morgan fingerprint density at radius 1 is 1.11 bits per heavy atom. The number of hydrogen-bond acceptors (Lipinski definition) is 4. The Morgan fingerprint density at radius 2 is 1.93 bits per heavy atom. The lowest BCUT2D eigenvalue weighted by molar-refractivity contribution is 0.123. The summed E-state index contributed by atoms with van der Waals surface area (Å²) in [7, 11) is 0. The van der Waals surface area contributed by atoms with Crippen LogP contribution in [0.5, 0.6) is 0 Å². The summed E-state index contributed by atoms with van der Waals surface area (Å²) in [6.07, 6.45) is 4.62. The smallest absolute Gasteiger partial charge is 0.123 e. The number of nitrogens with zero attached hydrogens (tertiary/aromatic N) is 4. The van der Waals surface area contributed by atoms with Crippen LogP contribution in [0.4, 0.5) is 4.39 Å². The fourth-order valence-electron chi connectivity index (χ4n) is 4.60. The summed E-state index contributed by atoms with van der Waals surface area (Å²) in [6.45, 7) is 7.88. The van der Waals surface area contributed by atoms with Crippen LogP contribution in [-0.4, -0.2) is 57.0 Å². The third kappa shape index (κ3) is 4.39. The molecule has 0 spiro atoms. The zero-order valence-electron chi connectivity index (χ0n) is 16.0. The van der Waals surface area contributed by atoms with Crippen molar-refractivity contribution in [3.63, 3.8) is 0 Å². The average molecular weight is 372 g/mol. The van der Waals surface area contributed by atoms with Crippen LogP contribution in [0.15, 0.2) is 30.5 Å². The standard InChI is InChI=1S/C21H29FN4O/c1-16-19(14-26(23-16)8-9-27)13-25-12-18-4-7-21(25)15-24(11-18)10-17-2-5-20(22)6-3-17/h2-3,5-6,14,18,21,27H,4,7-13,15H2,1H3/t18-,21+/m0/s1. The van der Waals surface area contributed by atoms with E-state index < -0.39 is 0 Å². The van der Waals surface area contributed by atoms with Gasteiger partial charge in [-0.2, -0.15) is 5.10 Å². The van der Waals surface area contributed by atoms with Crippen LogP contribution in [0, 0.1) is 18.7 Å². The first-order chi connectivity index (χ1) is 13.1. The summed E-state index contributed by atoms with van der Waals surface area (Å²) >= 11 is 0. The van der Waals surface area contributed by atoms with Gasteiger partial charge in [-0.05, 0) is 43.4 Å². The van der Waals surface area contributed by atoms with Gasteiger partial charge in [-0.1, -0.05) is 12.1 Å². The molecule has 5 rings (SSSR count). The molecule has 1 aromatic carbocycles. The summed E-state index contributed by atoms with van der Waals surface area (Å²) in [5.41, 5.74) is 3.51. The van der Waals surface area contributed by atoms with Gasteiger partial charge in [-0.15, -0.1) is 0 Å². The van der Waals surface area contributed by atoms with E-state index in [2.05, 4.69) is 28.0 Å². The molecule has 146 valence electrons. The topological polar surface area (TPSA) is 44.5 Å². The van der Waals surface area contributed by atoms with E-state index >= 15 is 0 Å². The van der Waals surface area contributed by atoms with Crippen LogP contribution in [0.2, 0.25) is 0 Å². The number of hydrogen-bond donors (Lipinski definition) is 1. The molecule has 0 aliphatic carbocycles. The zero-order valence-corrected chi connectivity index (χ0v) is 16.0. The molecule has 3 saturated heterocycles. The minimum absolute atomic E-state index is 0.118. The van der Waals surface area contributed by atoms with Crippen molar-refractivity contribution >= 4 is 0 Å². The largest absolute Gasteiger partial charge is 0.394 e. The van der Waals surface area contributed by atoms with Crippen molar-refractivity contribution < 1.29 is 9.50 Å². The van der Waals surface area contributed by atoms with E-state index in [1.54, 1.807) is 12.1 Å². The predicted molar refractivity (Wildman–Crippen MR) is 103 cm³/mol. The van der Waals surface area contributed by atoms with Gasteiger partial charge < -0.3 is 5.11 Å². The van der Waals surface area contributed by atoms with E-state index in [4.69, 9.17) is 5.11 Å². The van der Waals surface area contributed by atoms with Gasteiger partial charge in [0.1, 0.15) is 5.82 Å². The zero-order chi connectivity index (χ0) is 18.8. The Hall–Kier alpha value is -1.76. The highest BCUT2D eigenvalue weighted by molar-refractivity contribution is 5.17. The van der Waals surface area contributed by atoms with Gasteiger partial charge in [0, 0.05) is 50.5 Å². The molecule has 0 amide bonds. The minimum Gasteiger partial charge on any atom is -0.394 e. The molecule has 1 aromatic heterocycles. The summed E-state index contributed by atoms with van der Waals surface area (Å²) in [5, 5.41) is 13.7. The highest BCUT2D eigenvalue weighted by atomic mass is 19.1. The van der Waals surface area contributed by atoms with E-state index in [1.807, 2.05) is 16.8 Å². The van der Waals surface area contributed by atoms with E-state index in [1.165, 1.54) is 24.0 Å². The number of piperidine rings is 1. The Bertz CT molecular complexity index is 760. The molecule has 0 radical (unpaired) electrons. The number of benzene rings is 1. The highest BCUT2D eigenvalue weighted by Gasteiger charge is 2.35. The van der Waals surface area contributed by atoms with Crippen LogP contribution in [-0.2, 0) is 19.6 Å². The number of rotatable bonds is 6. The lowest BCUT2D eigenvalue weighted by atomic mass is 9.94. The Kier molecular flexibility index (Phi) is 5.57. The molecular formula is C21H29FN4O. The normalized spacial score (nSPS) is 23.7. The molecule has 3 aliphatic heterocycles. The average Bonchev–Trinajstić information content (AvgIpc) is 2.81. The molecule has 0 saturated carbocycles. The van der Waals surface area contributed by atoms with Gasteiger partial charge >= 0.3 is 0 Å². The first kappa shape index (κ1) is 18.6. The van der Waals surface area contributed by atoms with E-state index in [-0.39, 0.29) is 12.4 Å². The van der Waals surface area contributed by atoms with Crippen LogP contribution >= 0.6 is 0 Å². The number of aliphatic hydroxyl groups is 1. The van der Waals surface area contributed by atoms with Crippen LogP contribution in [0.1, 0.15) is 29.7 Å². The SMILES string of the molecule is Cc1nn(CCO)cc1CN1C[C@H]2CC[C@@H]1CN(Cc1ccc(F)cc1)C2. The fraction of sp³-hybridized carbons (Fsp3) is 0.571. The van der Waals surface area contributed by atoms with Gasteiger partial charge in [0.2, 0.25) is 0 Å². The maximum atomic E-state index is 13.2. The third-order valence-electron chi connectivity index (χ3n) is 5.97. The van der Waals surface area contributed by atoms with Gasteiger partial charge in [-0.3, -0.25) is 14.5 Å². The number of aryl methyl sites for hydroxylation is 1. The molecule has 3 aliphatic rings. The summed E-state index contributed by atoms with van der Waals surface area (Å²) < 4.78 is 15.0. The Balaban J connectivity index is 1.42. The molecular weight excluding hydrogens is 343 g/mol. The lowest BCUT2D eigenvalue weighted by Crippen LogP contribution is -2.43. The van der Waals surface area contributed by atoms with Crippen molar-refractivity contribution in [2.24, 2.45) is 5.92 Å². The van der Waals surface area contributed by atoms with Crippen molar-refractivity contribution in [1.29, 1.82) is 0 Å². The Labute approximate surface area is 160 Å². The first-order valence-electron chi connectivity index (χ1n) is 9.95. The molecule has 0 unspecified atom stereocenters. The monoisotopic (exact) mass is 372 g/mol. The molecule has 2 atom stereocenters. The van der Waals surface area contributed by atoms with Crippen LogP contribution in [0.25, 0.3) is 0 Å². The molecule has 2 aromatic rings. The lowest BCUT2D eigenvalue weighted by Gasteiger charge is -2.36. The number of aliphatic hydroxyl groups excluding tert-OH is 1. The molecule has 6 heteroatoms. The minimum atomic E-state index is -0.169. The summed E-state index contributed by atoms with van der Waals surface area (Å²) in [5.74, 6) is 0.523. The van der Waals surface area contributed by atoms with Gasteiger partial charge in [0.05, 0.1) is 18.8 Å². The molecule has 5 nitrogen and oxygen atoms in total. The maximum absolute atomic E-state index is 13.2. The highest BCUT2D eigenvalue weighted by Crippen LogP contribution is 2.30. The fourth-order valence-corrected chi connectivity index (χ4v) is 4.60. The second-order valence-corrected chi connectivity index (χ2v) is 8.07.